The fourth-order valence-corrected chi connectivity index (χ4v) is 2.85. The highest BCUT2D eigenvalue weighted by Crippen LogP contribution is 2.20. The van der Waals surface area contributed by atoms with E-state index < -0.39 is 0 Å². The first kappa shape index (κ1) is 12.2. The number of carbonyl (C=O) groups is 1. The maximum atomic E-state index is 12.6. The number of amides is 1. The lowest BCUT2D eigenvalue weighted by Crippen LogP contribution is -2.47. The van der Waals surface area contributed by atoms with Gasteiger partial charge in [-0.15, -0.1) is 0 Å². The van der Waals surface area contributed by atoms with Gasteiger partial charge in [0.2, 0.25) is 0 Å². The molecule has 3 rings (SSSR count). The predicted octanol–water partition coefficient (Wildman–Crippen LogP) is 1.89. The van der Waals surface area contributed by atoms with E-state index in [0.717, 1.165) is 30.5 Å². The van der Waals surface area contributed by atoms with Crippen LogP contribution in [0.4, 0.5) is 0 Å². The van der Waals surface area contributed by atoms with Gasteiger partial charge in [-0.3, -0.25) is 4.79 Å². The first-order valence-corrected chi connectivity index (χ1v) is 6.87. The number of nitrogens with zero attached hydrogens (tertiary/aromatic N) is 2. The number of carbonyl (C=O) groups excluding carboxylic acids is 1. The van der Waals surface area contributed by atoms with E-state index >= 15 is 0 Å². The zero-order valence-electron chi connectivity index (χ0n) is 11.0. The Morgan fingerprint density at radius 3 is 3.05 bits per heavy atom. The molecule has 0 unspecified atom stereocenters. The van der Waals surface area contributed by atoms with Crippen molar-refractivity contribution in [2.45, 2.75) is 25.3 Å². The van der Waals surface area contributed by atoms with Crippen LogP contribution in [-0.2, 0) is 0 Å². The first-order valence-electron chi connectivity index (χ1n) is 6.87. The molecule has 0 aromatic carbocycles. The SMILES string of the molecule is NC[C@H]1CCCCN1C(=O)c1cc2ccccn2c1. The zero-order chi connectivity index (χ0) is 13.2. The van der Waals surface area contributed by atoms with Crippen LogP contribution in [0.5, 0.6) is 0 Å². The highest BCUT2D eigenvalue weighted by molar-refractivity contribution is 5.96. The maximum absolute atomic E-state index is 12.6. The molecule has 4 heteroatoms. The Kier molecular flexibility index (Phi) is 3.25. The number of fused-ring (bicyclic) bond motifs is 1. The Balaban J connectivity index is 1.89. The number of likely N-dealkylation sites (tertiary alicyclic amines) is 1. The van der Waals surface area contributed by atoms with E-state index in [1.165, 1.54) is 6.42 Å². The average molecular weight is 257 g/mol. The lowest BCUT2D eigenvalue weighted by molar-refractivity contribution is 0.0623. The monoisotopic (exact) mass is 257 g/mol. The van der Waals surface area contributed by atoms with Crippen LogP contribution >= 0.6 is 0 Å². The van der Waals surface area contributed by atoms with Crippen molar-refractivity contribution in [3.63, 3.8) is 0 Å². The Hall–Kier alpha value is -1.81. The summed E-state index contributed by atoms with van der Waals surface area (Å²) in [5.41, 5.74) is 7.59. The van der Waals surface area contributed by atoms with Crippen LogP contribution in [0.2, 0.25) is 0 Å². The molecule has 0 aliphatic carbocycles. The Morgan fingerprint density at radius 2 is 2.26 bits per heavy atom. The van der Waals surface area contributed by atoms with Crippen molar-refractivity contribution in [2.75, 3.05) is 13.1 Å². The molecule has 0 spiro atoms. The van der Waals surface area contributed by atoms with E-state index in [4.69, 9.17) is 5.73 Å². The van der Waals surface area contributed by atoms with Gasteiger partial charge in [0.15, 0.2) is 0 Å². The summed E-state index contributed by atoms with van der Waals surface area (Å²) in [5, 5.41) is 0. The van der Waals surface area contributed by atoms with E-state index in [-0.39, 0.29) is 11.9 Å². The van der Waals surface area contributed by atoms with Gasteiger partial charge in [0.05, 0.1) is 5.56 Å². The molecule has 1 saturated heterocycles. The van der Waals surface area contributed by atoms with Crippen molar-refractivity contribution in [1.82, 2.24) is 9.30 Å². The summed E-state index contributed by atoms with van der Waals surface area (Å²) in [6.07, 6.45) is 7.14. The lowest BCUT2D eigenvalue weighted by Gasteiger charge is -2.34. The van der Waals surface area contributed by atoms with Crippen LogP contribution in [0, 0.1) is 0 Å². The molecule has 2 N–H and O–H groups in total. The fraction of sp³-hybridized carbons (Fsp3) is 0.400. The zero-order valence-corrected chi connectivity index (χ0v) is 11.0. The number of hydrogen-bond acceptors (Lipinski definition) is 2. The fourth-order valence-electron chi connectivity index (χ4n) is 2.85. The number of aromatic nitrogens is 1. The van der Waals surface area contributed by atoms with E-state index in [1.807, 2.05) is 46.0 Å². The largest absolute Gasteiger partial charge is 0.334 e. The number of piperidine rings is 1. The summed E-state index contributed by atoms with van der Waals surface area (Å²) in [6, 6.07) is 8.10. The summed E-state index contributed by atoms with van der Waals surface area (Å²) >= 11 is 0. The molecular weight excluding hydrogens is 238 g/mol. The summed E-state index contributed by atoms with van der Waals surface area (Å²) in [7, 11) is 0. The van der Waals surface area contributed by atoms with Crippen LogP contribution in [0.15, 0.2) is 36.7 Å². The van der Waals surface area contributed by atoms with Gasteiger partial charge in [0.1, 0.15) is 0 Å². The highest BCUT2D eigenvalue weighted by atomic mass is 16.2. The third kappa shape index (κ3) is 2.24. The normalized spacial score (nSPS) is 19.8. The van der Waals surface area contributed by atoms with Crippen LogP contribution in [-0.4, -0.2) is 34.3 Å². The van der Waals surface area contributed by atoms with E-state index in [2.05, 4.69) is 0 Å². The molecule has 1 aliphatic heterocycles. The molecule has 1 fully saturated rings. The Bertz CT molecular complexity index is 557. The Labute approximate surface area is 112 Å². The molecule has 19 heavy (non-hydrogen) atoms. The van der Waals surface area contributed by atoms with Gasteiger partial charge < -0.3 is 15.0 Å². The summed E-state index contributed by atoms with van der Waals surface area (Å²) in [5.74, 6) is 0.110. The van der Waals surface area contributed by atoms with Crippen LogP contribution in [0.25, 0.3) is 5.52 Å². The predicted molar refractivity (Wildman–Crippen MR) is 75.1 cm³/mol. The van der Waals surface area contributed by atoms with Crippen LogP contribution < -0.4 is 5.73 Å². The van der Waals surface area contributed by atoms with Gasteiger partial charge in [-0.1, -0.05) is 6.07 Å². The minimum atomic E-state index is 0.110. The molecule has 4 nitrogen and oxygen atoms in total. The molecule has 2 aromatic rings. The number of nitrogens with two attached hydrogens (primary N) is 1. The molecule has 3 heterocycles. The van der Waals surface area contributed by atoms with Crippen LogP contribution in [0.1, 0.15) is 29.6 Å². The second-order valence-corrected chi connectivity index (χ2v) is 5.15. The lowest BCUT2D eigenvalue weighted by atomic mass is 10.0. The van der Waals surface area contributed by atoms with E-state index in [0.29, 0.717) is 6.54 Å². The second kappa shape index (κ2) is 5.05. The minimum absolute atomic E-state index is 0.110. The number of rotatable bonds is 2. The molecule has 1 atom stereocenters. The van der Waals surface area contributed by atoms with Crippen molar-refractivity contribution in [1.29, 1.82) is 0 Å². The second-order valence-electron chi connectivity index (χ2n) is 5.15. The van der Waals surface area contributed by atoms with Gasteiger partial charge in [-0.05, 0) is 37.5 Å². The van der Waals surface area contributed by atoms with Crippen LogP contribution in [0.3, 0.4) is 0 Å². The average Bonchev–Trinajstić information content (AvgIpc) is 2.90. The van der Waals surface area contributed by atoms with E-state index in [9.17, 15) is 4.79 Å². The summed E-state index contributed by atoms with van der Waals surface area (Å²) < 4.78 is 1.98. The molecule has 0 saturated carbocycles. The smallest absolute Gasteiger partial charge is 0.255 e. The maximum Gasteiger partial charge on any atom is 0.255 e. The van der Waals surface area contributed by atoms with Crippen molar-refractivity contribution < 1.29 is 4.79 Å². The quantitative estimate of drug-likeness (QED) is 0.893. The van der Waals surface area contributed by atoms with Crippen molar-refractivity contribution in [3.8, 4) is 0 Å². The topological polar surface area (TPSA) is 50.7 Å². The van der Waals surface area contributed by atoms with Crippen molar-refractivity contribution in [3.05, 3.63) is 42.2 Å². The summed E-state index contributed by atoms with van der Waals surface area (Å²) in [6.45, 7) is 1.38. The molecule has 1 amide bonds. The highest BCUT2D eigenvalue weighted by Gasteiger charge is 2.26. The molecule has 1 aliphatic rings. The molecular formula is C15H19N3O. The third-order valence-electron chi connectivity index (χ3n) is 3.91. The number of pyridine rings is 1. The minimum Gasteiger partial charge on any atom is -0.334 e. The van der Waals surface area contributed by atoms with Gasteiger partial charge in [0.25, 0.3) is 5.91 Å². The van der Waals surface area contributed by atoms with E-state index in [1.54, 1.807) is 0 Å². The molecule has 0 radical (unpaired) electrons. The number of hydrogen-bond donors (Lipinski definition) is 1. The molecule has 0 bridgehead atoms. The van der Waals surface area contributed by atoms with Crippen molar-refractivity contribution >= 4 is 11.4 Å². The molecule has 2 aromatic heterocycles. The standard InChI is InChI=1S/C15H19N3O/c16-10-14-6-2-4-8-18(14)15(19)12-9-13-5-1-3-7-17(13)11-12/h1,3,5,7,9,11,14H,2,4,6,8,10,16H2/t14-/m1/s1. The first-order chi connectivity index (χ1) is 9.29. The third-order valence-corrected chi connectivity index (χ3v) is 3.91. The Morgan fingerprint density at radius 1 is 1.37 bits per heavy atom. The van der Waals surface area contributed by atoms with Gasteiger partial charge >= 0.3 is 0 Å². The van der Waals surface area contributed by atoms with Gasteiger partial charge in [0, 0.05) is 37.0 Å². The van der Waals surface area contributed by atoms with Gasteiger partial charge in [-0.2, -0.15) is 0 Å². The molecule has 100 valence electrons. The van der Waals surface area contributed by atoms with Crippen molar-refractivity contribution in [2.24, 2.45) is 5.73 Å². The summed E-state index contributed by atoms with van der Waals surface area (Å²) in [4.78, 5) is 14.5. The van der Waals surface area contributed by atoms with Gasteiger partial charge in [-0.25, -0.2) is 0 Å².